The second kappa shape index (κ2) is 10.9. The number of hydrogen-bond acceptors (Lipinski definition) is 7. The number of piperazine rings is 1. The van der Waals surface area contributed by atoms with Crippen LogP contribution >= 0.6 is 0 Å². The largest absolute Gasteiger partial charge is 0.417 e. The van der Waals surface area contributed by atoms with E-state index in [1.165, 1.54) is 29.2 Å². The summed E-state index contributed by atoms with van der Waals surface area (Å²) in [7, 11) is 0. The van der Waals surface area contributed by atoms with Gasteiger partial charge < -0.3 is 24.6 Å². The Balaban J connectivity index is 1.53. The van der Waals surface area contributed by atoms with Crippen LogP contribution in [0.3, 0.4) is 0 Å². The van der Waals surface area contributed by atoms with Crippen molar-refractivity contribution in [3.8, 4) is 5.88 Å². The SMILES string of the molecule is CCOCCNC(=O)Oc1ccc(N2CCN(C(=O)c3ccccc3C(F)(F)F)CC2)nn1. The molecule has 3 rings (SSSR count). The first-order valence-electron chi connectivity index (χ1n) is 10.4. The Morgan fingerprint density at radius 3 is 2.42 bits per heavy atom. The number of benzene rings is 1. The zero-order chi connectivity index (χ0) is 23.8. The molecule has 0 bridgehead atoms. The molecule has 12 heteroatoms. The molecule has 1 saturated heterocycles. The number of amides is 2. The summed E-state index contributed by atoms with van der Waals surface area (Å²) in [5.74, 6) is -0.139. The van der Waals surface area contributed by atoms with Gasteiger partial charge in [0.05, 0.1) is 17.7 Å². The Hall–Kier alpha value is -3.41. The monoisotopic (exact) mass is 467 g/mol. The summed E-state index contributed by atoms with van der Waals surface area (Å²) in [6.45, 7) is 4.26. The Morgan fingerprint density at radius 1 is 1.06 bits per heavy atom. The average Bonchev–Trinajstić information content (AvgIpc) is 2.81. The van der Waals surface area contributed by atoms with E-state index in [-0.39, 0.29) is 24.5 Å². The van der Waals surface area contributed by atoms with Gasteiger partial charge in [-0.15, -0.1) is 10.2 Å². The minimum absolute atomic E-state index is 0.0187. The van der Waals surface area contributed by atoms with Gasteiger partial charge >= 0.3 is 12.3 Å². The van der Waals surface area contributed by atoms with Gasteiger partial charge in [-0.25, -0.2) is 4.79 Å². The molecule has 0 unspecified atom stereocenters. The van der Waals surface area contributed by atoms with Gasteiger partial charge in [0.15, 0.2) is 5.82 Å². The molecule has 1 N–H and O–H groups in total. The number of aromatic nitrogens is 2. The highest BCUT2D eigenvalue weighted by Crippen LogP contribution is 2.32. The molecule has 1 fully saturated rings. The summed E-state index contributed by atoms with van der Waals surface area (Å²) in [6.07, 6.45) is -5.28. The van der Waals surface area contributed by atoms with Gasteiger partial charge in [-0.3, -0.25) is 4.79 Å². The molecule has 0 atom stereocenters. The van der Waals surface area contributed by atoms with Crippen molar-refractivity contribution >= 4 is 17.8 Å². The normalized spacial score (nSPS) is 14.2. The molecule has 9 nitrogen and oxygen atoms in total. The minimum atomic E-state index is -4.60. The maximum Gasteiger partial charge on any atom is 0.417 e. The molecule has 0 spiro atoms. The van der Waals surface area contributed by atoms with Crippen LogP contribution in [-0.4, -0.2) is 73.0 Å². The maximum absolute atomic E-state index is 13.2. The number of nitrogens with zero attached hydrogens (tertiary/aromatic N) is 4. The van der Waals surface area contributed by atoms with Crippen molar-refractivity contribution in [2.24, 2.45) is 0 Å². The van der Waals surface area contributed by atoms with Crippen molar-refractivity contribution in [2.75, 3.05) is 50.8 Å². The highest BCUT2D eigenvalue weighted by Gasteiger charge is 2.36. The lowest BCUT2D eigenvalue weighted by molar-refractivity contribution is -0.138. The molecule has 1 aromatic heterocycles. The van der Waals surface area contributed by atoms with Crippen LogP contribution in [0.25, 0.3) is 0 Å². The van der Waals surface area contributed by atoms with Crippen LogP contribution in [0.5, 0.6) is 5.88 Å². The number of carbonyl (C=O) groups excluding carboxylic acids is 2. The van der Waals surface area contributed by atoms with Crippen LogP contribution in [0.2, 0.25) is 0 Å². The second-order valence-electron chi connectivity index (χ2n) is 7.07. The highest BCUT2D eigenvalue weighted by molar-refractivity contribution is 5.96. The molecule has 2 aromatic rings. The molecule has 0 radical (unpaired) electrons. The topological polar surface area (TPSA) is 96.9 Å². The van der Waals surface area contributed by atoms with Crippen molar-refractivity contribution in [1.29, 1.82) is 0 Å². The molecule has 178 valence electrons. The average molecular weight is 467 g/mol. The molecule has 2 heterocycles. The predicted octanol–water partition coefficient (Wildman–Crippen LogP) is 2.58. The van der Waals surface area contributed by atoms with Crippen LogP contribution in [0, 0.1) is 0 Å². The van der Waals surface area contributed by atoms with E-state index >= 15 is 0 Å². The fourth-order valence-corrected chi connectivity index (χ4v) is 3.26. The molecule has 1 aromatic carbocycles. The fraction of sp³-hybridized carbons (Fsp3) is 0.429. The summed E-state index contributed by atoms with van der Waals surface area (Å²) < 4.78 is 49.8. The van der Waals surface area contributed by atoms with Crippen LogP contribution < -0.4 is 15.0 Å². The first kappa shape index (κ1) is 24.2. The fourth-order valence-electron chi connectivity index (χ4n) is 3.26. The summed E-state index contributed by atoms with van der Waals surface area (Å²) in [5.41, 5.74) is -1.31. The third kappa shape index (κ3) is 6.54. The first-order chi connectivity index (χ1) is 15.8. The van der Waals surface area contributed by atoms with Crippen LogP contribution in [-0.2, 0) is 10.9 Å². The predicted molar refractivity (Wildman–Crippen MR) is 112 cm³/mol. The Bertz CT molecular complexity index is 948. The smallest absolute Gasteiger partial charge is 0.390 e. The van der Waals surface area contributed by atoms with Crippen LogP contribution in [0.4, 0.5) is 23.8 Å². The zero-order valence-electron chi connectivity index (χ0n) is 18.0. The lowest BCUT2D eigenvalue weighted by Gasteiger charge is -2.35. The molecule has 1 aliphatic heterocycles. The molecule has 0 saturated carbocycles. The third-order valence-corrected chi connectivity index (χ3v) is 4.90. The van der Waals surface area contributed by atoms with E-state index in [0.717, 1.165) is 6.07 Å². The third-order valence-electron chi connectivity index (χ3n) is 4.90. The lowest BCUT2D eigenvalue weighted by atomic mass is 10.1. The zero-order valence-corrected chi connectivity index (χ0v) is 18.0. The molecule has 0 aliphatic carbocycles. The minimum Gasteiger partial charge on any atom is -0.390 e. The van der Waals surface area contributed by atoms with Crippen molar-refractivity contribution in [3.05, 3.63) is 47.5 Å². The molecule has 33 heavy (non-hydrogen) atoms. The van der Waals surface area contributed by atoms with E-state index in [1.807, 2.05) is 11.8 Å². The van der Waals surface area contributed by atoms with Crippen LogP contribution in [0.15, 0.2) is 36.4 Å². The van der Waals surface area contributed by atoms with Gasteiger partial charge in [0, 0.05) is 45.4 Å². The van der Waals surface area contributed by atoms with Crippen LogP contribution in [0.1, 0.15) is 22.8 Å². The van der Waals surface area contributed by atoms with Crippen molar-refractivity contribution in [2.45, 2.75) is 13.1 Å². The van der Waals surface area contributed by atoms with E-state index in [2.05, 4.69) is 15.5 Å². The molecule has 2 amide bonds. The summed E-state index contributed by atoms with van der Waals surface area (Å²) in [5, 5.41) is 10.4. The number of carbonyl (C=O) groups is 2. The second-order valence-corrected chi connectivity index (χ2v) is 7.07. The Labute approximate surface area is 188 Å². The number of rotatable bonds is 7. The van der Waals surface area contributed by atoms with Gasteiger partial charge in [0.1, 0.15) is 0 Å². The Kier molecular flexibility index (Phi) is 8.04. The summed E-state index contributed by atoms with van der Waals surface area (Å²) in [4.78, 5) is 27.6. The molecule has 1 aliphatic rings. The van der Waals surface area contributed by atoms with Gasteiger partial charge in [-0.1, -0.05) is 12.1 Å². The molecular weight excluding hydrogens is 443 g/mol. The summed E-state index contributed by atoms with van der Waals surface area (Å²) >= 11 is 0. The molecular formula is C21H24F3N5O4. The number of hydrogen-bond donors (Lipinski definition) is 1. The van der Waals surface area contributed by atoms with Gasteiger partial charge in [-0.05, 0) is 25.1 Å². The number of alkyl halides is 3. The standard InChI is InChI=1S/C21H24F3N5O4/c1-2-32-14-9-25-20(31)33-18-8-7-17(26-27-18)28-10-12-29(13-11-28)19(30)15-5-3-4-6-16(15)21(22,23)24/h3-8H,2,9-14H2,1H3,(H,25,31). The highest BCUT2D eigenvalue weighted by atomic mass is 19.4. The van der Waals surface area contributed by atoms with Crippen molar-refractivity contribution < 1.29 is 32.2 Å². The van der Waals surface area contributed by atoms with Gasteiger partial charge in [-0.2, -0.15) is 13.2 Å². The summed E-state index contributed by atoms with van der Waals surface area (Å²) in [6, 6.07) is 7.87. The van der Waals surface area contributed by atoms with Gasteiger partial charge in [0.25, 0.3) is 5.91 Å². The van der Waals surface area contributed by atoms with Gasteiger partial charge in [0.2, 0.25) is 5.88 Å². The number of ether oxygens (including phenoxy) is 2. The van der Waals surface area contributed by atoms with E-state index in [9.17, 15) is 22.8 Å². The van der Waals surface area contributed by atoms with E-state index in [0.29, 0.717) is 38.7 Å². The number of anilines is 1. The number of halogens is 3. The van der Waals surface area contributed by atoms with Crippen molar-refractivity contribution in [1.82, 2.24) is 20.4 Å². The van der Waals surface area contributed by atoms with E-state index in [1.54, 1.807) is 6.07 Å². The maximum atomic E-state index is 13.2. The van der Waals surface area contributed by atoms with E-state index in [4.69, 9.17) is 9.47 Å². The number of nitrogens with one attached hydrogen (secondary N) is 1. The van der Waals surface area contributed by atoms with Crippen molar-refractivity contribution in [3.63, 3.8) is 0 Å². The quantitative estimate of drug-likeness (QED) is 0.626. The van der Waals surface area contributed by atoms with E-state index < -0.39 is 23.7 Å². The Morgan fingerprint density at radius 2 is 1.79 bits per heavy atom. The first-order valence-corrected chi connectivity index (χ1v) is 10.4. The lowest BCUT2D eigenvalue weighted by Crippen LogP contribution is -2.49.